The highest BCUT2D eigenvalue weighted by atomic mass is 79.9. The van der Waals surface area contributed by atoms with Gasteiger partial charge in [0.2, 0.25) is 0 Å². The second kappa shape index (κ2) is 6.68. The van der Waals surface area contributed by atoms with Crippen molar-refractivity contribution >= 4 is 21.6 Å². The molecule has 0 saturated heterocycles. The number of benzene rings is 2. The number of nitrogens with one attached hydrogen (secondary N) is 2. The first kappa shape index (κ1) is 14.0. The molecule has 2 aromatic carbocycles. The normalized spacial score (nSPS) is 10.5. The summed E-state index contributed by atoms with van der Waals surface area (Å²) in [4.78, 5) is 0. The molecule has 0 aliphatic carbocycles. The van der Waals surface area contributed by atoms with Crippen LogP contribution in [-0.2, 0) is 13.1 Å². The van der Waals surface area contributed by atoms with Crippen LogP contribution >= 0.6 is 15.9 Å². The van der Waals surface area contributed by atoms with E-state index >= 15 is 0 Å². The van der Waals surface area contributed by atoms with Crippen molar-refractivity contribution in [3.63, 3.8) is 0 Å². The maximum Gasteiger partial charge on any atom is 0.127 e. The van der Waals surface area contributed by atoms with Crippen molar-refractivity contribution in [1.82, 2.24) is 5.32 Å². The van der Waals surface area contributed by atoms with Gasteiger partial charge in [0.1, 0.15) is 5.82 Å². The molecule has 100 valence electrons. The molecule has 0 aliphatic rings. The molecule has 0 amide bonds. The van der Waals surface area contributed by atoms with Crippen LogP contribution in [0.2, 0.25) is 0 Å². The molecule has 0 heterocycles. The van der Waals surface area contributed by atoms with Gasteiger partial charge in [-0.05, 0) is 35.9 Å². The van der Waals surface area contributed by atoms with Gasteiger partial charge in [-0.3, -0.25) is 0 Å². The van der Waals surface area contributed by atoms with E-state index in [0.29, 0.717) is 12.1 Å². The monoisotopic (exact) mass is 322 g/mol. The van der Waals surface area contributed by atoms with E-state index in [2.05, 4.69) is 38.7 Å². The topological polar surface area (TPSA) is 24.1 Å². The lowest BCUT2D eigenvalue weighted by Gasteiger charge is -2.07. The Morgan fingerprint density at radius 3 is 2.47 bits per heavy atom. The summed E-state index contributed by atoms with van der Waals surface area (Å²) in [5, 5.41) is 6.32. The molecular formula is C15H16BrFN2. The fraction of sp³-hybridized carbons (Fsp3) is 0.200. The van der Waals surface area contributed by atoms with Crippen molar-refractivity contribution in [2.75, 3.05) is 12.4 Å². The lowest BCUT2D eigenvalue weighted by molar-refractivity contribution is 0.587. The number of hydrogen-bond donors (Lipinski definition) is 2. The summed E-state index contributed by atoms with van der Waals surface area (Å²) in [5.41, 5.74) is 2.93. The highest BCUT2D eigenvalue weighted by Crippen LogP contribution is 2.15. The zero-order valence-electron chi connectivity index (χ0n) is 10.7. The van der Waals surface area contributed by atoms with Crippen molar-refractivity contribution in [3.8, 4) is 0 Å². The van der Waals surface area contributed by atoms with Crippen molar-refractivity contribution in [2.45, 2.75) is 13.1 Å². The maximum atomic E-state index is 13.5. The number of halogens is 2. The van der Waals surface area contributed by atoms with Gasteiger partial charge in [-0.15, -0.1) is 0 Å². The number of anilines is 1. The zero-order valence-corrected chi connectivity index (χ0v) is 12.3. The Hall–Kier alpha value is -1.39. The van der Waals surface area contributed by atoms with Gasteiger partial charge in [0.15, 0.2) is 0 Å². The summed E-state index contributed by atoms with van der Waals surface area (Å²) in [6.07, 6.45) is 0. The standard InChI is InChI=1S/C15H16BrFN2/c1-18-14-5-2-11(3-6-14)9-19-10-12-8-13(16)4-7-15(12)17/h2-8,18-19H,9-10H2,1H3. The van der Waals surface area contributed by atoms with E-state index in [1.165, 1.54) is 11.6 Å². The average Bonchev–Trinajstić information content (AvgIpc) is 2.43. The first-order valence-electron chi connectivity index (χ1n) is 6.10. The Morgan fingerprint density at radius 1 is 1.05 bits per heavy atom. The van der Waals surface area contributed by atoms with Gasteiger partial charge < -0.3 is 10.6 Å². The first-order chi connectivity index (χ1) is 9.19. The predicted octanol–water partition coefficient (Wildman–Crippen LogP) is 3.92. The van der Waals surface area contributed by atoms with Crippen LogP contribution in [0.15, 0.2) is 46.9 Å². The Balaban J connectivity index is 1.90. The fourth-order valence-corrected chi connectivity index (χ4v) is 2.22. The van der Waals surface area contributed by atoms with Crippen LogP contribution in [0.25, 0.3) is 0 Å². The second-order valence-corrected chi connectivity index (χ2v) is 5.20. The quantitative estimate of drug-likeness (QED) is 0.871. The highest BCUT2D eigenvalue weighted by molar-refractivity contribution is 9.10. The van der Waals surface area contributed by atoms with Gasteiger partial charge >= 0.3 is 0 Å². The maximum absolute atomic E-state index is 13.5. The van der Waals surface area contributed by atoms with Crippen molar-refractivity contribution in [2.24, 2.45) is 0 Å². The molecular weight excluding hydrogens is 307 g/mol. The molecule has 4 heteroatoms. The minimum Gasteiger partial charge on any atom is -0.388 e. The van der Waals surface area contributed by atoms with Gasteiger partial charge in [0, 0.05) is 35.9 Å². The molecule has 0 radical (unpaired) electrons. The van der Waals surface area contributed by atoms with Crippen LogP contribution in [0, 0.1) is 5.82 Å². The lowest BCUT2D eigenvalue weighted by atomic mass is 10.2. The minimum absolute atomic E-state index is 0.179. The Labute approximate surface area is 121 Å². The molecule has 0 atom stereocenters. The molecule has 0 bridgehead atoms. The summed E-state index contributed by atoms with van der Waals surface area (Å²) >= 11 is 3.35. The molecule has 2 rings (SSSR count). The van der Waals surface area contributed by atoms with E-state index in [-0.39, 0.29) is 5.82 Å². The molecule has 19 heavy (non-hydrogen) atoms. The zero-order chi connectivity index (χ0) is 13.7. The van der Waals surface area contributed by atoms with Crippen molar-refractivity contribution in [3.05, 3.63) is 63.9 Å². The molecule has 2 aromatic rings. The predicted molar refractivity (Wildman–Crippen MR) is 80.6 cm³/mol. The molecule has 0 spiro atoms. The van der Waals surface area contributed by atoms with Gasteiger partial charge in [0.05, 0.1) is 0 Å². The minimum atomic E-state index is -0.179. The summed E-state index contributed by atoms with van der Waals surface area (Å²) in [7, 11) is 1.89. The van der Waals surface area contributed by atoms with Crippen LogP contribution in [-0.4, -0.2) is 7.05 Å². The van der Waals surface area contributed by atoms with E-state index in [9.17, 15) is 4.39 Å². The Kier molecular flexibility index (Phi) is 4.93. The van der Waals surface area contributed by atoms with Gasteiger partial charge in [0.25, 0.3) is 0 Å². The molecule has 0 aliphatic heterocycles. The van der Waals surface area contributed by atoms with Gasteiger partial charge in [-0.2, -0.15) is 0 Å². The van der Waals surface area contributed by atoms with Crippen molar-refractivity contribution in [1.29, 1.82) is 0 Å². The van der Waals surface area contributed by atoms with E-state index < -0.39 is 0 Å². The van der Waals surface area contributed by atoms with E-state index in [1.54, 1.807) is 12.1 Å². The van der Waals surface area contributed by atoms with Gasteiger partial charge in [-0.1, -0.05) is 28.1 Å². The lowest BCUT2D eigenvalue weighted by Crippen LogP contribution is -2.13. The number of hydrogen-bond acceptors (Lipinski definition) is 2. The third-order valence-electron chi connectivity index (χ3n) is 2.89. The van der Waals surface area contributed by atoms with E-state index in [1.807, 2.05) is 19.2 Å². The van der Waals surface area contributed by atoms with E-state index in [0.717, 1.165) is 16.7 Å². The first-order valence-corrected chi connectivity index (χ1v) is 6.89. The smallest absolute Gasteiger partial charge is 0.127 e. The second-order valence-electron chi connectivity index (χ2n) is 4.29. The largest absolute Gasteiger partial charge is 0.388 e. The molecule has 0 fully saturated rings. The molecule has 0 unspecified atom stereocenters. The SMILES string of the molecule is CNc1ccc(CNCc2cc(Br)ccc2F)cc1. The van der Waals surface area contributed by atoms with Crippen molar-refractivity contribution < 1.29 is 4.39 Å². The Bertz CT molecular complexity index is 540. The third kappa shape index (κ3) is 4.04. The van der Waals surface area contributed by atoms with Crippen LogP contribution < -0.4 is 10.6 Å². The molecule has 2 nitrogen and oxygen atoms in total. The molecule has 0 saturated carbocycles. The molecule has 0 aromatic heterocycles. The summed E-state index contributed by atoms with van der Waals surface area (Å²) < 4.78 is 14.4. The van der Waals surface area contributed by atoms with Crippen LogP contribution in [0.1, 0.15) is 11.1 Å². The van der Waals surface area contributed by atoms with Gasteiger partial charge in [-0.25, -0.2) is 4.39 Å². The summed E-state index contributed by atoms with van der Waals surface area (Å²) in [5.74, 6) is -0.179. The van der Waals surface area contributed by atoms with Crippen LogP contribution in [0.5, 0.6) is 0 Å². The third-order valence-corrected chi connectivity index (χ3v) is 3.39. The summed E-state index contributed by atoms with van der Waals surface area (Å²) in [6.45, 7) is 1.23. The number of rotatable bonds is 5. The highest BCUT2D eigenvalue weighted by Gasteiger charge is 2.02. The fourth-order valence-electron chi connectivity index (χ4n) is 1.81. The molecule has 2 N–H and O–H groups in total. The van der Waals surface area contributed by atoms with Crippen LogP contribution in [0.4, 0.5) is 10.1 Å². The van der Waals surface area contributed by atoms with Crippen LogP contribution in [0.3, 0.4) is 0 Å². The average molecular weight is 323 g/mol. The summed E-state index contributed by atoms with van der Waals surface area (Å²) in [6, 6.07) is 13.1. The van der Waals surface area contributed by atoms with E-state index in [4.69, 9.17) is 0 Å². The Morgan fingerprint density at radius 2 is 1.79 bits per heavy atom.